The van der Waals surface area contributed by atoms with Gasteiger partial charge in [-0.25, -0.2) is 12.7 Å². The first-order chi connectivity index (χ1) is 13.4. The van der Waals surface area contributed by atoms with Crippen LogP contribution in [0.5, 0.6) is 0 Å². The standard InChI is InChI=1S/C21H18N2O4S/c1-23(2)28(25,26)16-10-7-14(8-11-16)21(24)22-15-9-12-20-18(13-15)17-5-3-4-6-19(17)27-20/h3-13H,1-2H3,(H,22,24). The fourth-order valence-corrected chi connectivity index (χ4v) is 3.90. The number of nitrogens with one attached hydrogen (secondary N) is 1. The second-order valence-electron chi connectivity index (χ2n) is 6.58. The highest BCUT2D eigenvalue weighted by Gasteiger charge is 2.17. The highest BCUT2D eigenvalue weighted by molar-refractivity contribution is 7.89. The number of hydrogen-bond acceptors (Lipinski definition) is 4. The molecule has 0 radical (unpaired) electrons. The van der Waals surface area contributed by atoms with Crippen molar-refractivity contribution in [2.24, 2.45) is 0 Å². The van der Waals surface area contributed by atoms with Crippen LogP contribution in [0.1, 0.15) is 10.4 Å². The molecule has 0 fully saturated rings. The average Bonchev–Trinajstić information content (AvgIpc) is 3.06. The van der Waals surface area contributed by atoms with E-state index in [1.807, 2.05) is 36.4 Å². The van der Waals surface area contributed by atoms with Gasteiger partial charge >= 0.3 is 0 Å². The molecule has 0 unspecified atom stereocenters. The number of nitrogens with zero attached hydrogens (tertiary/aromatic N) is 1. The second kappa shape index (κ2) is 6.78. The second-order valence-corrected chi connectivity index (χ2v) is 8.73. The van der Waals surface area contributed by atoms with Crippen molar-refractivity contribution < 1.29 is 17.6 Å². The largest absolute Gasteiger partial charge is 0.456 e. The molecule has 0 atom stereocenters. The molecule has 7 heteroatoms. The van der Waals surface area contributed by atoms with Gasteiger partial charge in [0.1, 0.15) is 11.2 Å². The van der Waals surface area contributed by atoms with Crippen molar-refractivity contribution >= 4 is 43.6 Å². The van der Waals surface area contributed by atoms with Crippen LogP contribution < -0.4 is 5.32 Å². The smallest absolute Gasteiger partial charge is 0.255 e. The molecular weight excluding hydrogens is 376 g/mol. The number of hydrogen-bond donors (Lipinski definition) is 1. The minimum absolute atomic E-state index is 0.139. The summed E-state index contributed by atoms with van der Waals surface area (Å²) < 4.78 is 31.2. The number of carbonyl (C=O) groups excluding carboxylic acids is 1. The number of fused-ring (bicyclic) bond motifs is 3. The number of furan rings is 1. The highest BCUT2D eigenvalue weighted by atomic mass is 32.2. The van der Waals surface area contributed by atoms with Crippen molar-refractivity contribution in [1.82, 2.24) is 4.31 Å². The first-order valence-electron chi connectivity index (χ1n) is 8.61. The first kappa shape index (κ1) is 18.2. The third-order valence-electron chi connectivity index (χ3n) is 4.53. The van der Waals surface area contributed by atoms with E-state index in [2.05, 4.69) is 5.32 Å². The summed E-state index contributed by atoms with van der Waals surface area (Å²) in [7, 11) is -0.598. The van der Waals surface area contributed by atoms with Crippen LogP contribution in [0.3, 0.4) is 0 Å². The minimum Gasteiger partial charge on any atom is -0.456 e. The molecule has 4 aromatic rings. The van der Waals surface area contributed by atoms with Crippen molar-refractivity contribution in [3.05, 3.63) is 72.3 Å². The molecule has 1 aromatic heterocycles. The summed E-state index contributed by atoms with van der Waals surface area (Å²) in [4.78, 5) is 12.7. The number of sulfonamides is 1. The molecule has 0 aliphatic carbocycles. The topological polar surface area (TPSA) is 79.6 Å². The van der Waals surface area contributed by atoms with Gasteiger partial charge in [-0.3, -0.25) is 4.79 Å². The Morgan fingerprint density at radius 2 is 1.57 bits per heavy atom. The molecule has 1 amide bonds. The van der Waals surface area contributed by atoms with Gasteiger partial charge < -0.3 is 9.73 Å². The molecule has 0 saturated carbocycles. The molecule has 0 spiro atoms. The van der Waals surface area contributed by atoms with E-state index in [1.54, 1.807) is 6.07 Å². The van der Waals surface area contributed by atoms with Gasteiger partial charge in [-0.15, -0.1) is 0 Å². The van der Waals surface area contributed by atoms with E-state index in [0.717, 1.165) is 26.2 Å². The van der Waals surface area contributed by atoms with E-state index in [9.17, 15) is 13.2 Å². The Hall–Kier alpha value is -3.16. The van der Waals surface area contributed by atoms with Gasteiger partial charge in [0.05, 0.1) is 4.90 Å². The van der Waals surface area contributed by atoms with Crippen LogP contribution in [0, 0.1) is 0 Å². The summed E-state index contributed by atoms with van der Waals surface area (Å²) in [6, 6.07) is 19.0. The lowest BCUT2D eigenvalue weighted by Crippen LogP contribution is -2.22. The van der Waals surface area contributed by atoms with E-state index in [1.165, 1.54) is 38.4 Å². The number of para-hydroxylation sites is 1. The fraction of sp³-hybridized carbons (Fsp3) is 0.0952. The summed E-state index contributed by atoms with van der Waals surface area (Å²) in [6.07, 6.45) is 0. The van der Waals surface area contributed by atoms with Crippen LogP contribution in [-0.4, -0.2) is 32.7 Å². The molecule has 1 N–H and O–H groups in total. The Balaban J connectivity index is 1.60. The third-order valence-corrected chi connectivity index (χ3v) is 6.36. The molecule has 4 rings (SSSR count). The molecule has 3 aromatic carbocycles. The van der Waals surface area contributed by atoms with Crippen LogP contribution >= 0.6 is 0 Å². The zero-order valence-electron chi connectivity index (χ0n) is 15.3. The Labute approximate surface area is 162 Å². The Kier molecular flexibility index (Phi) is 4.41. The van der Waals surface area contributed by atoms with E-state index >= 15 is 0 Å². The van der Waals surface area contributed by atoms with Gasteiger partial charge in [-0.2, -0.15) is 0 Å². The molecular formula is C21H18N2O4S. The number of rotatable bonds is 4. The maximum absolute atomic E-state index is 12.6. The van der Waals surface area contributed by atoms with Crippen LogP contribution in [0.2, 0.25) is 0 Å². The minimum atomic E-state index is -3.53. The van der Waals surface area contributed by atoms with Gasteiger partial charge in [0.15, 0.2) is 0 Å². The highest BCUT2D eigenvalue weighted by Crippen LogP contribution is 2.30. The predicted octanol–water partition coefficient (Wildman–Crippen LogP) is 4.09. The molecule has 0 aliphatic heterocycles. The van der Waals surface area contributed by atoms with E-state index in [4.69, 9.17) is 4.42 Å². The monoisotopic (exact) mass is 394 g/mol. The van der Waals surface area contributed by atoms with E-state index in [-0.39, 0.29) is 10.8 Å². The molecule has 0 bridgehead atoms. The maximum Gasteiger partial charge on any atom is 0.255 e. The van der Waals surface area contributed by atoms with Gasteiger partial charge in [0.25, 0.3) is 5.91 Å². The number of anilines is 1. The van der Waals surface area contributed by atoms with Crippen molar-refractivity contribution in [3.8, 4) is 0 Å². The Bertz CT molecular complexity index is 1290. The summed E-state index contributed by atoms with van der Waals surface area (Å²) >= 11 is 0. The lowest BCUT2D eigenvalue weighted by atomic mass is 10.1. The zero-order valence-corrected chi connectivity index (χ0v) is 16.2. The van der Waals surface area contributed by atoms with Gasteiger partial charge in [-0.1, -0.05) is 18.2 Å². The summed E-state index contributed by atoms with van der Waals surface area (Å²) in [5.74, 6) is -0.319. The Morgan fingerprint density at radius 3 is 2.29 bits per heavy atom. The van der Waals surface area contributed by atoms with Crippen LogP contribution in [0.25, 0.3) is 21.9 Å². The van der Waals surface area contributed by atoms with Gasteiger partial charge in [0, 0.05) is 36.1 Å². The van der Waals surface area contributed by atoms with Crippen molar-refractivity contribution in [1.29, 1.82) is 0 Å². The first-order valence-corrected chi connectivity index (χ1v) is 10.1. The lowest BCUT2D eigenvalue weighted by molar-refractivity contribution is 0.102. The quantitative estimate of drug-likeness (QED) is 0.565. The fourth-order valence-electron chi connectivity index (χ4n) is 3.00. The van der Waals surface area contributed by atoms with Crippen LogP contribution in [0.4, 0.5) is 5.69 Å². The normalized spacial score (nSPS) is 12.0. The predicted molar refractivity (Wildman–Crippen MR) is 109 cm³/mol. The van der Waals surface area contributed by atoms with Gasteiger partial charge in [0.2, 0.25) is 10.0 Å². The number of benzene rings is 3. The van der Waals surface area contributed by atoms with Crippen LogP contribution in [0.15, 0.2) is 76.0 Å². The summed E-state index contributed by atoms with van der Waals surface area (Å²) in [5.41, 5.74) is 2.54. The van der Waals surface area contributed by atoms with Crippen molar-refractivity contribution in [2.45, 2.75) is 4.90 Å². The van der Waals surface area contributed by atoms with Gasteiger partial charge in [-0.05, 0) is 48.5 Å². The zero-order chi connectivity index (χ0) is 19.9. The summed E-state index contributed by atoms with van der Waals surface area (Å²) in [5, 5.41) is 4.74. The Morgan fingerprint density at radius 1 is 0.893 bits per heavy atom. The lowest BCUT2D eigenvalue weighted by Gasteiger charge is -2.11. The third kappa shape index (κ3) is 3.15. The van der Waals surface area contributed by atoms with E-state index < -0.39 is 10.0 Å². The average molecular weight is 394 g/mol. The molecule has 6 nitrogen and oxygen atoms in total. The van der Waals surface area contributed by atoms with Crippen molar-refractivity contribution in [2.75, 3.05) is 19.4 Å². The number of amides is 1. The van der Waals surface area contributed by atoms with Crippen LogP contribution in [-0.2, 0) is 10.0 Å². The molecule has 28 heavy (non-hydrogen) atoms. The number of carbonyl (C=O) groups is 1. The molecule has 0 aliphatic rings. The maximum atomic E-state index is 12.6. The summed E-state index contributed by atoms with van der Waals surface area (Å²) in [6.45, 7) is 0. The van der Waals surface area contributed by atoms with E-state index in [0.29, 0.717) is 11.3 Å². The van der Waals surface area contributed by atoms with Crippen molar-refractivity contribution in [3.63, 3.8) is 0 Å². The molecule has 1 heterocycles. The molecule has 142 valence electrons. The SMILES string of the molecule is CN(C)S(=O)(=O)c1ccc(C(=O)Nc2ccc3oc4ccccc4c3c2)cc1. The molecule has 0 saturated heterocycles.